The molecule has 0 atom stereocenters. The molecule has 27 heavy (non-hydrogen) atoms. The summed E-state index contributed by atoms with van der Waals surface area (Å²) in [6, 6.07) is 12.2. The van der Waals surface area contributed by atoms with E-state index in [2.05, 4.69) is 33.4 Å². The minimum Gasteiger partial charge on any atom is -0.356 e. The highest BCUT2D eigenvalue weighted by Gasteiger charge is 2.35. The molecule has 1 saturated heterocycles. The molecule has 1 saturated carbocycles. The SMILES string of the molecule is N#Cc1ccnc(Nc2cc(C3(C#N)CCCCC3)cc(N3CCC3)n2)c1. The van der Waals surface area contributed by atoms with Crippen molar-refractivity contribution in [3.05, 3.63) is 41.6 Å². The molecule has 2 aromatic rings. The molecule has 1 aliphatic carbocycles. The Morgan fingerprint density at radius 2 is 1.81 bits per heavy atom. The second kappa shape index (κ2) is 7.25. The van der Waals surface area contributed by atoms with Crippen molar-refractivity contribution >= 4 is 17.5 Å². The van der Waals surface area contributed by atoms with Crippen LogP contribution in [0.1, 0.15) is 49.7 Å². The first kappa shape index (κ1) is 17.3. The van der Waals surface area contributed by atoms with Gasteiger partial charge in [0.15, 0.2) is 0 Å². The van der Waals surface area contributed by atoms with Gasteiger partial charge in [0.1, 0.15) is 17.5 Å². The maximum Gasteiger partial charge on any atom is 0.134 e. The summed E-state index contributed by atoms with van der Waals surface area (Å²) in [4.78, 5) is 11.3. The molecule has 0 spiro atoms. The molecule has 0 bridgehead atoms. The molecule has 0 aromatic carbocycles. The van der Waals surface area contributed by atoms with E-state index in [4.69, 9.17) is 10.2 Å². The number of nitrogens with zero attached hydrogens (tertiary/aromatic N) is 5. The van der Waals surface area contributed by atoms with E-state index in [1.165, 1.54) is 12.8 Å². The Hall–Kier alpha value is -3.12. The molecular formula is C21H22N6. The number of pyridine rings is 2. The maximum absolute atomic E-state index is 9.99. The summed E-state index contributed by atoms with van der Waals surface area (Å²) >= 11 is 0. The van der Waals surface area contributed by atoms with Gasteiger partial charge < -0.3 is 10.2 Å². The Kier molecular flexibility index (Phi) is 4.64. The zero-order valence-corrected chi connectivity index (χ0v) is 15.3. The molecule has 2 fully saturated rings. The summed E-state index contributed by atoms with van der Waals surface area (Å²) < 4.78 is 0. The molecule has 6 heteroatoms. The van der Waals surface area contributed by atoms with Crippen molar-refractivity contribution < 1.29 is 0 Å². The largest absolute Gasteiger partial charge is 0.356 e. The number of nitriles is 2. The Labute approximate surface area is 159 Å². The van der Waals surface area contributed by atoms with Crippen molar-refractivity contribution in [2.45, 2.75) is 43.9 Å². The van der Waals surface area contributed by atoms with E-state index in [0.29, 0.717) is 17.2 Å². The highest BCUT2D eigenvalue weighted by atomic mass is 15.2. The molecule has 0 amide bonds. The lowest BCUT2D eigenvalue weighted by Crippen LogP contribution is -2.38. The van der Waals surface area contributed by atoms with Gasteiger partial charge in [-0.15, -0.1) is 0 Å². The quantitative estimate of drug-likeness (QED) is 0.888. The second-order valence-corrected chi connectivity index (χ2v) is 7.36. The lowest BCUT2D eigenvalue weighted by molar-refractivity contribution is 0.366. The van der Waals surface area contributed by atoms with Crippen LogP contribution in [-0.2, 0) is 5.41 Å². The summed E-state index contributed by atoms with van der Waals surface area (Å²) in [6.45, 7) is 2.00. The first-order chi connectivity index (χ1) is 13.2. The molecule has 6 nitrogen and oxygen atoms in total. The van der Waals surface area contributed by atoms with Gasteiger partial charge >= 0.3 is 0 Å². The lowest BCUT2D eigenvalue weighted by Gasteiger charge is -2.35. The smallest absolute Gasteiger partial charge is 0.134 e. The van der Waals surface area contributed by atoms with E-state index < -0.39 is 5.41 Å². The number of rotatable bonds is 4. The van der Waals surface area contributed by atoms with Gasteiger partial charge in [0.05, 0.1) is 23.1 Å². The molecular weight excluding hydrogens is 336 g/mol. The van der Waals surface area contributed by atoms with Crippen LogP contribution in [0.15, 0.2) is 30.5 Å². The van der Waals surface area contributed by atoms with Crippen molar-refractivity contribution in [1.29, 1.82) is 10.5 Å². The van der Waals surface area contributed by atoms with Gasteiger partial charge in [-0.2, -0.15) is 10.5 Å². The summed E-state index contributed by atoms with van der Waals surface area (Å²) in [7, 11) is 0. The van der Waals surface area contributed by atoms with Crippen LogP contribution in [0, 0.1) is 22.7 Å². The molecule has 0 unspecified atom stereocenters. The van der Waals surface area contributed by atoms with Crippen molar-refractivity contribution in [2.75, 3.05) is 23.3 Å². The Bertz CT molecular complexity index is 913. The molecule has 2 aromatic heterocycles. The van der Waals surface area contributed by atoms with E-state index >= 15 is 0 Å². The predicted octanol–water partition coefficient (Wildman–Crippen LogP) is 4.03. The molecule has 3 heterocycles. The van der Waals surface area contributed by atoms with Crippen LogP contribution in [0.4, 0.5) is 17.5 Å². The predicted molar refractivity (Wildman–Crippen MR) is 104 cm³/mol. The van der Waals surface area contributed by atoms with E-state index in [1.54, 1.807) is 18.3 Å². The van der Waals surface area contributed by atoms with E-state index in [-0.39, 0.29) is 0 Å². The standard InChI is InChI=1S/C21H22N6/c22-14-16-5-8-24-18(11-16)25-19-12-17(13-20(26-19)27-9-4-10-27)21(15-23)6-2-1-3-7-21/h5,8,11-13H,1-4,6-7,9-10H2,(H,24,25,26). The van der Waals surface area contributed by atoms with Gasteiger partial charge in [0.2, 0.25) is 0 Å². The van der Waals surface area contributed by atoms with Gasteiger partial charge in [0.25, 0.3) is 0 Å². The van der Waals surface area contributed by atoms with Crippen molar-refractivity contribution in [1.82, 2.24) is 9.97 Å². The average Bonchev–Trinajstić information content (AvgIpc) is 2.67. The zero-order chi connectivity index (χ0) is 18.7. The van der Waals surface area contributed by atoms with Crippen LogP contribution in [-0.4, -0.2) is 23.1 Å². The van der Waals surface area contributed by atoms with Crippen LogP contribution >= 0.6 is 0 Å². The molecule has 2 aliphatic rings. The molecule has 136 valence electrons. The molecule has 1 N–H and O–H groups in total. The average molecular weight is 358 g/mol. The van der Waals surface area contributed by atoms with Gasteiger partial charge in [0, 0.05) is 19.3 Å². The van der Waals surface area contributed by atoms with E-state index in [0.717, 1.165) is 50.2 Å². The Morgan fingerprint density at radius 3 is 2.48 bits per heavy atom. The fourth-order valence-electron chi connectivity index (χ4n) is 3.88. The van der Waals surface area contributed by atoms with Crippen molar-refractivity contribution in [2.24, 2.45) is 0 Å². The normalized spacial score (nSPS) is 18.1. The van der Waals surface area contributed by atoms with Crippen LogP contribution in [0.3, 0.4) is 0 Å². The van der Waals surface area contributed by atoms with Gasteiger partial charge in [-0.25, -0.2) is 9.97 Å². The van der Waals surface area contributed by atoms with Gasteiger partial charge in [-0.3, -0.25) is 0 Å². The summed E-state index contributed by atoms with van der Waals surface area (Å²) in [5.41, 5.74) is 1.16. The molecule has 4 rings (SSSR count). The van der Waals surface area contributed by atoms with Crippen molar-refractivity contribution in [3.63, 3.8) is 0 Å². The van der Waals surface area contributed by atoms with Crippen LogP contribution in [0.2, 0.25) is 0 Å². The fraction of sp³-hybridized carbons (Fsp3) is 0.429. The highest BCUT2D eigenvalue weighted by molar-refractivity contribution is 5.60. The third-order valence-corrected chi connectivity index (χ3v) is 5.61. The monoisotopic (exact) mass is 358 g/mol. The third-order valence-electron chi connectivity index (χ3n) is 5.61. The maximum atomic E-state index is 9.99. The fourth-order valence-corrected chi connectivity index (χ4v) is 3.88. The van der Waals surface area contributed by atoms with Crippen LogP contribution in [0.25, 0.3) is 0 Å². The highest BCUT2D eigenvalue weighted by Crippen LogP contribution is 2.41. The summed E-state index contributed by atoms with van der Waals surface area (Å²) in [5, 5.41) is 22.3. The Morgan fingerprint density at radius 1 is 1.00 bits per heavy atom. The van der Waals surface area contributed by atoms with E-state index in [1.807, 2.05) is 6.07 Å². The Balaban J connectivity index is 1.72. The number of aromatic nitrogens is 2. The number of hydrogen-bond acceptors (Lipinski definition) is 6. The first-order valence-electron chi connectivity index (χ1n) is 9.54. The second-order valence-electron chi connectivity index (χ2n) is 7.36. The summed E-state index contributed by atoms with van der Waals surface area (Å²) in [6.07, 6.45) is 7.95. The number of anilines is 3. The van der Waals surface area contributed by atoms with Gasteiger partial charge in [-0.1, -0.05) is 19.3 Å². The van der Waals surface area contributed by atoms with Crippen LogP contribution < -0.4 is 10.2 Å². The minimum atomic E-state index is -0.431. The molecule has 1 aliphatic heterocycles. The third kappa shape index (κ3) is 3.44. The first-order valence-corrected chi connectivity index (χ1v) is 9.54. The zero-order valence-electron chi connectivity index (χ0n) is 15.3. The van der Waals surface area contributed by atoms with Gasteiger partial charge in [-0.05, 0) is 49.1 Å². The number of nitrogens with one attached hydrogen (secondary N) is 1. The van der Waals surface area contributed by atoms with Crippen molar-refractivity contribution in [3.8, 4) is 12.1 Å². The number of hydrogen-bond donors (Lipinski definition) is 1. The van der Waals surface area contributed by atoms with E-state index in [9.17, 15) is 5.26 Å². The molecule has 0 radical (unpaired) electrons. The topological polar surface area (TPSA) is 88.6 Å². The minimum absolute atomic E-state index is 0.431. The van der Waals surface area contributed by atoms with Crippen LogP contribution in [0.5, 0.6) is 0 Å². The summed E-state index contributed by atoms with van der Waals surface area (Å²) in [5.74, 6) is 2.18. The lowest BCUT2D eigenvalue weighted by atomic mass is 9.70.